The second-order valence-electron chi connectivity index (χ2n) is 14.5. The van der Waals surface area contributed by atoms with Crippen molar-refractivity contribution in [2.45, 2.75) is 29.1 Å². The number of carbonyl (C=O) groups excluding carboxylic acids is 6. The van der Waals surface area contributed by atoms with Gasteiger partial charge in [-0.1, -0.05) is 121 Å². The van der Waals surface area contributed by atoms with Crippen LogP contribution in [0.5, 0.6) is 5.75 Å². The molecule has 11 rings (SSSR count). The molecule has 3 aromatic heterocycles. The molecule has 0 amide bonds. The number of nitrogens with zero attached hydrogens (tertiary/aromatic N) is 1. The second-order valence-corrected chi connectivity index (χ2v) is 18.7. The molecule has 0 saturated heterocycles. The number of nitrogens with one attached hydrogen (secondary N) is 1. The van der Waals surface area contributed by atoms with Crippen LogP contribution in [0.25, 0.3) is 36.5 Å². The summed E-state index contributed by atoms with van der Waals surface area (Å²) < 4.78 is 19.4. The number of aromatic nitrogens is 1. The molecule has 1 N–H and O–H groups in total. The lowest BCUT2D eigenvalue weighted by molar-refractivity contribution is -0.183. The van der Waals surface area contributed by atoms with E-state index in [4.69, 9.17) is 19.2 Å². The Morgan fingerprint density at radius 2 is 1.21 bits per heavy atom. The van der Waals surface area contributed by atoms with Crippen LogP contribution in [0.2, 0.25) is 0 Å². The summed E-state index contributed by atoms with van der Waals surface area (Å²) in [5.41, 5.74) is 1.31. The van der Waals surface area contributed by atoms with Crippen LogP contribution in [-0.4, -0.2) is 45.4 Å². The van der Waals surface area contributed by atoms with Crippen molar-refractivity contribution >= 4 is 113 Å². The van der Waals surface area contributed by atoms with Gasteiger partial charge in [0.2, 0.25) is 23.1 Å². The minimum atomic E-state index is -2.48. The summed E-state index contributed by atoms with van der Waals surface area (Å²) in [5.74, 6) is -4.20. The minimum absolute atomic E-state index is 0.174. The number of rotatable bonds is 8. The molecule has 0 fully saturated rings. The Labute approximate surface area is 367 Å². The first-order chi connectivity index (χ1) is 30.2. The number of ketones is 4. The number of fused-ring (bicyclic) bond motifs is 9. The van der Waals surface area contributed by atoms with E-state index >= 15 is 9.59 Å². The van der Waals surface area contributed by atoms with Crippen molar-refractivity contribution in [1.82, 2.24) is 4.98 Å². The van der Waals surface area contributed by atoms with E-state index in [9.17, 15) is 19.2 Å². The number of hydrogen-bond acceptors (Lipinski definition) is 15. The highest BCUT2D eigenvalue weighted by Gasteiger charge is 2.61. The number of allylic oxidation sites excluding steroid dienone is 2. The van der Waals surface area contributed by atoms with Crippen LogP contribution >= 0.6 is 45.8 Å². The van der Waals surface area contributed by atoms with E-state index in [-0.39, 0.29) is 35.7 Å². The van der Waals surface area contributed by atoms with E-state index in [0.29, 0.717) is 67.6 Å². The van der Waals surface area contributed by atoms with Crippen LogP contribution in [0, 0.1) is 0 Å². The fourth-order valence-electron chi connectivity index (χ4n) is 7.92. The monoisotopic (exact) mass is 890 g/mol. The highest BCUT2D eigenvalue weighted by molar-refractivity contribution is 8.01. The maximum atomic E-state index is 15.0. The molecule has 4 aromatic carbocycles. The zero-order valence-electron chi connectivity index (χ0n) is 31.8. The lowest BCUT2D eigenvalue weighted by atomic mass is 9.90. The number of carbonyl (C=O) groups is 6. The molecular formula is C47H26N2O9S4. The molecule has 4 aliphatic rings. The van der Waals surface area contributed by atoms with E-state index < -0.39 is 46.0 Å². The Hall–Kier alpha value is -6.78. The van der Waals surface area contributed by atoms with Crippen molar-refractivity contribution in [3.8, 4) is 15.5 Å². The summed E-state index contributed by atoms with van der Waals surface area (Å²) in [6.07, 6.45) is 3.27. The van der Waals surface area contributed by atoms with Gasteiger partial charge in [-0.2, -0.15) is 0 Å². The number of thiophene rings is 2. The molecule has 0 radical (unpaired) electrons. The number of ether oxygens (including phenoxy) is 3. The van der Waals surface area contributed by atoms with Crippen LogP contribution in [0.4, 0.5) is 5.00 Å². The molecule has 1 atom stereocenters. The maximum absolute atomic E-state index is 15.0. The number of thioether (sulfide) groups is 1. The lowest BCUT2D eigenvalue weighted by Gasteiger charge is -2.34. The van der Waals surface area contributed by atoms with Crippen molar-refractivity contribution in [3.05, 3.63) is 159 Å². The molecule has 62 heavy (non-hydrogen) atoms. The van der Waals surface area contributed by atoms with Crippen LogP contribution in [0.3, 0.4) is 0 Å². The molecule has 11 nitrogen and oxygen atoms in total. The normalized spacial score (nSPS) is 18.0. The number of benzene rings is 4. The molecule has 7 aromatic rings. The van der Waals surface area contributed by atoms with Gasteiger partial charge in [0.1, 0.15) is 32.8 Å². The molecule has 0 spiro atoms. The Morgan fingerprint density at radius 3 is 1.82 bits per heavy atom. The zero-order valence-corrected chi connectivity index (χ0v) is 35.1. The quantitative estimate of drug-likeness (QED) is 0.0670. The Bertz CT molecular complexity index is 3140. The average Bonchev–Trinajstić information content (AvgIpc) is 4.13. The third-order valence-electron chi connectivity index (χ3n) is 10.8. The van der Waals surface area contributed by atoms with E-state index in [1.807, 2.05) is 36.4 Å². The van der Waals surface area contributed by atoms with Gasteiger partial charge in [-0.05, 0) is 34.4 Å². The highest BCUT2D eigenvalue weighted by atomic mass is 32.2. The highest BCUT2D eigenvalue weighted by Crippen LogP contribution is 2.63. The predicted octanol–water partition coefficient (Wildman–Crippen LogP) is 9.16. The summed E-state index contributed by atoms with van der Waals surface area (Å²) in [7, 11) is 0. The van der Waals surface area contributed by atoms with Crippen molar-refractivity contribution < 1.29 is 43.0 Å². The van der Waals surface area contributed by atoms with Gasteiger partial charge in [0.25, 0.3) is 0 Å². The molecule has 2 aliphatic heterocycles. The third kappa shape index (κ3) is 5.95. The Kier molecular flexibility index (Phi) is 9.05. The summed E-state index contributed by atoms with van der Waals surface area (Å²) in [6.45, 7) is -0.348. The third-order valence-corrected chi connectivity index (χ3v) is 15.6. The molecule has 0 saturated carbocycles. The fourth-order valence-corrected chi connectivity index (χ4v) is 13.1. The largest absolute Gasteiger partial charge is 0.457 e. The zero-order chi connectivity index (χ0) is 42.3. The summed E-state index contributed by atoms with van der Waals surface area (Å²) >= 11 is 5.07. The second kappa shape index (κ2) is 14.7. The van der Waals surface area contributed by atoms with E-state index in [1.165, 1.54) is 45.8 Å². The number of esters is 2. The topological polar surface area (TPSA) is 155 Å². The van der Waals surface area contributed by atoms with Gasteiger partial charge in [-0.25, -0.2) is 14.6 Å². The Balaban J connectivity index is 1.05. The van der Waals surface area contributed by atoms with Crippen molar-refractivity contribution in [3.63, 3.8) is 0 Å². The summed E-state index contributed by atoms with van der Waals surface area (Å²) in [5, 5.41) is 3.90. The minimum Gasteiger partial charge on any atom is -0.457 e. The molecular weight excluding hydrogens is 865 g/mol. The molecule has 2 aliphatic carbocycles. The molecule has 0 bridgehead atoms. The van der Waals surface area contributed by atoms with Gasteiger partial charge in [-0.15, -0.1) is 34.0 Å². The first-order valence-corrected chi connectivity index (χ1v) is 22.5. The van der Waals surface area contributed by atoms with Gasteiger partial charge < -0.3 is 19.5 Å². The fraction of sp³-hybridized carbons (Fsp3) is 0.0851. The maximum Gasteiger partial charge on any atom is 0.367 e. The number of thiazole rings is 1. The molecule has 1 unspecified atom stereocenters. The standard InChI is InChI=1S/C47H26N2O9S4/c50-34-27-17-9-7-15-25(27)29(36(34)52)19-31-48-43-40(59-31)33-39(61-43)41-38(42-44(62-41)49-32(60-42)20-30-26-16-8-10-18-28(26)35(51)37(30)53)58-47(33,45(54)56-21-23-11-3-1-4-12-23)46(55)57-22-24-13-5-2-6-14-24/h1-20,31,48H,21-22H2/b29-19-,30-20-. The van der Waals surface area contributed by atoms with E-state index in [2.05, 4.69) is 5.32 Å². The SMILES string of the molecule is O=C1C(=O)c2ccccc2/C1=C/c1nc2sc3c(c2s1)OC(C(=O)OCc1ccccc1)(C(=O)OCc1ccccc1)c1c-3sc2c1SC(/C=C1\C(=O)C(=O)c3ccccc31)N2. The van der Waals surface area contributed by atoms with Gasteiger partial charge in [0.05, 0.1) is 25.6 Å². The molecule has 302 valence electrons. The molecule has 15 heteroatoms. The van der Waals surface area contributed by atoms with Gasteiger partial charge in [0.15, 0.2) is 5.75 Å². The van der Waals surface area contributed by atoms with Gasteiger partial charge in [0, 0.05) is 22.3 Å². The number of Topliss-reactive ketones (excluding diaryl/α,β-unsaturated/α-hetero) is 4. The van der Waals surface area contributed by atoms with Crippen LogP contribution in [0.1, 0.15) is 53.5 Å². The number of hydrogen-bond donors (Lipinski definition) is 1. The lowest BCUT2D eigenvalue weighted by Crippen LogP contribution is -2.52. The van der Waals surface area contributed by atoms with Gasteiger partial charge in [-0.3, -0.25) is 19.2 Å². The summed E-state index contributed by atoms with van der Waals surface area (Å²) in [6, 6.07) is 31.7. The smallest absolute Gasteiger partial charge is 0.367 e. The predicted molar refractivity (Wildman–Crippen MR) is 236 cm³/mol. The van der Waals surface area contributed by atoms with E-state index in [1.54, 1.807) is 84.9 Å². The van der Waals surface area contributed by atoms with Crippen LogP contribution < -0.4 is 10.1 Å². The first kappa shape index (κ1) is 38.2. The van der Waals surface area contributed by atoms with Crippen LogP contribution in [0.15, 0.2) is 120 Å². The van der Waals surface area contributed by atoms with E-state index in [0.717, 1.165) is 0 Å². The van der Waals surface area contributed by atoms with Crippen LogP contribution in [-0.2, 0) is 47.5 Å². The van der Waals surface area contributed by atoms with Gasteiger partial charge >= 0.3 is 17.5 Å². The number of anilines is 1. The average molecular weight is 891 g/mol. The van der Waals surface area contributed by atoms with Crippen molar-refractivity contribution in [2.75, 3.05) is 5.32 Å². The Morgan fingerprint density at radius 1 is 0.661 bits per heavy atom. The van der Waals surface area contributed by atoms with Crippen molar-refractivity contribution in [1.29, 1.82) is 0 Å². The first-order valence-electron chi connectivity index (χ1n) is 19.2. The summed E-state index contributed by atoms with van der Waals surface area (Å²) in [4.78, 5) is 89.1. The van der Waals surface area contributed by atoms with Crippen molar-refractivity contribution in [2.24, 2.45) is 0 Å². The molecule has 5 heterocycles.